The van der Waals surface area contributed by atoms with Crippen molar-refractivity contribution in [3.05, 3.63) is 90.5 Å². The summed E-state index contributed by atoms with van der Waals surface area (Å²) in [5.74, 6) is -3.59. The first-order chi connectivity index (χ1) is 23.6. The molecule has 2 aromatic rings. The van der Waals surface area contributed by atoms with Gasteiger partial charge in [0.25, 0.3) is 5.91 Å². The number of aliphatic hydroxyl groups is 1. The van der Waals surface area contributed by atoms with E-state index in [1.165, 1.54) is 9.80 Å². The number of amides is 3. The summed E-state index contributed by atoms with van der Waals surface area (Å²) in [5.41, 5.74) is -0.187. The van der Waals surface area contributed by atoms with Gasteiger partial charge in [0.1, 0.15) is 17.7 Å². The standard InChI is InChI=1S/C38H46ClN3O7/c1-5-7-17-31(44)40-22-30(25-13-9-8-10-14-25)48-37(47)32-29-18-19-38(49-29)33(32)35(45)42(26(23-43)21-24(3)4)34(38)36(46)41(20-6-2)28-16-12-11-15-27(28)39/h5-6,8-16,24,26,29-30,32-34,43H,1-2,7,17-23H2,3-4H3,(H,40,44)/t26-,29+,30+,32-,33-,34+,38-/m1/s1. The number of carbonyl (C=O) groups is 4. The summed E-state index contributed by atoms with van der Waals surface area (Å²) in [5, 5.41) is 13.8. The molecule has 7 atom stereocenters. The number of aliphatic hydroxyl groups excluding tert-OH is 1. The van der Waals surface area contributed by atoms with Crippen LogP contribution in [-0.2, 0) is 28.7 Å². The van der Waals surface area contributed by atoms with Crippen LogP contribution < -0.4 is 10.2 Å². The molecule has 3 aliphatic heterocycles. The first-order valence-corrected chi connectivity index (χ1v) is 17.4. The maximum absolute atomic E-state index is 14.8. The highest BCUT2D eigenvalue weighted by atomic mass is 35.5. The number of hydrogen-bond acceptors (Lipinski definition) is 7. The van der Waals surface area contributed by atoms with Crippen molar-refractivity contribution < 1.29 is 33.8 Å². The lowest BCUT2D eigenvalue weighted by atomic mass is 9.70. The number of halogens is 1. The van der Waals surface area contributed by atoms with Crippen LogP contribution in [0.15, 0.2) is 79.9 Å². The van der Waals surface area contributed by atoms with E-state index in [4.69, 9.17) is 21.1 Å². The molecule has 2 bridgehead atoms. The van der Waals surface area contributed by atoms with Crippen LogP contribution in [0.1, 0.15) is 57.6 Å². The zero-order chi connectivity index (χ0) is 35.3. The third-order valence-electron chi connectivity index (χ3n) is 9.80. The molecule has 0 saturated carbocycles. The van der Waals surface area contributed by atoms with Crippen LogP contribution in [-0.4, -0.2) is 77.2 Å². The minimum absolute atomic E-state index is 0.0380. The molecule has 3 fully saturated rings. The van der Waals surface area contributed by atoms with Crippen molar-refractivity contribution in [3.8, 4) is 0 Å². The Labute approximate surface area is 293 Å². The summed E-state index contributed by atoms with van der Waals surface area (Å²) in [6.07, 6.45) is 3.78. The second-order valence-electron chi connectivity index (χ2n) is 13.4. The van der Waals surface area contributed by atoms with E-state index in [9.17, 15) is 24.3 Å². The van der Waals surface area contributed by atoms with Crippen LogP contribution in [0.3, 0.4) is 0 Å². The Morgan fingerprint density at radius 3 is 2.51 bits per heavy atom. The third-order valence-corrected chi connectivity index (χ3v) is 10.1. The largest absolute Gasteiger partial charge is 0.455 e. The van der Waals surface area contributed by atoms with Gasteiger partial charge in [-0.3, -0.25) is 19.2 Å². The molecule has 5 rings (SSSR count). The summed E-state index contributed by atoms with van der Waals surface area (Å²) in [7, 11) is 0. The number of likely N-dealkylation sites (tertiary alicyclic amines) is 1. The molecule has 10 nitrogen and oxygen atoms in total. The van der Waals surface area contributed by atoms with Crippen molar-refractivity contribution in [2.24, 2.45) is 17.8 Å². The van der Waals surface area contributed by atoms with Crippen molar-refractivity contribution in [2.45, 2.75) is 75.8 Å². The molecule has 3 heterocycles. The van der Waals surface area contributed by atoms with Gasteiger partial charge in [-0.1, -0.05) is 80.1 Å². The lowest BCUT2D eigenvalue weighted by Crippen LogP contribution is -2.59. The van der Waals surface area contributed by atoms with Crippen LogP contribution in [0.2, 0.25) is 5.02 Å². The van der Waals surface area contributed by atoms with E-state index in [0.29, 0.717) is 42.0 Å². The molecule has 3 saturated heterocycles. The van der Waals surface area contributed by atoms with Gasteiger partial charge in [-0.05, 0) is 49.3 Å². The second kappa shape index (κ2) is 15.7. The van der Waals surface area contributed by atoms with Crippen molar-refractivity contribution >= 4 is 41.0 Å². The highest BCUT2D eigenvalue weighted by Gasteiger charge is 2.75. The molecular weight excluding hydrogens is 646 g/mol. The second-order valence-corrected chi connectivity index (χ2v) is 13.8. The average Bonchev–Trinajstić information content (AvgIpc) is 3.74. The van der Waals surface area contributed by atoms with E-state index in [1.807, 2.05) is 44.2 Å². The smallest absolute Gasteiger partial charge is 0.313 e. The molecule has 262 valence electrons. The monoisotopic (exact) mass is 691 g/mol. The van der Waals surface area contributed by atoms with Gasteiger partial charge in [0, 0.05) is 13.0 Å². The van der Waals surface area contributed by atoms with Crippen molar-refractivity contribution in [1.29, 1.82) is 0 Å². The summed E-state index contributed by atoms with van der Waals surface area (Å²) in [6, 6.07) is 14.2. The Morgan fingerprint density at radius 1 is 1.14 bits per heavy atom. The minimum atomic E-state index is -1.32. The van der Waals surface area contributed by atoms with E-state index < -0.39 is 59.5 Å². The molecule has 0 aliphatic carbocycles. The molecule has 2 N–H and O–H groups in total. The highest BCUT2D eigenvalue weighted by molar-refractivity contribution is 6.34. The van der Waals surface area contributed by atoms with Gasteiger partial charge in [0.2, 0.25) is 11.8 Å². The van der Waals surface area contributed by atoms with Gasteiger partial charge < -0.3 is 29.7 Å². The number of hydrogen-bond donors (Lipinski definition) is 2. The molecule has 0 aromatic heterocycles. The lowest BCUT2D eigenvalue weighted by Gasteiger charge is -2.39. The Balaban J connectivity index is 1.51. The number of benzene rings is 2. The number of carbonyl (C=O) groups excluding carboxylic acids is 4. The van der Waals surface area contributed by atoms with Gasteiger partial charge >= 0.3 is 5.97 Å². The number of nitrogens with one attached hydrogen (secondary N) is 1. The molecule has 3 aliphatic rings. The van der Waals surface area contributed by atoms with Crippen LogP contribution in [0, 0.1) is 17.8 Å². The topological polar surface area (TPSA) is 125 Å². The Hall–Kier alpha value is -3.99. The SMILES string of the molecule is C=CCCC(=O)NC[C@H](OC(=O)[C@@H]1[C@@H]2CC[C@]3(O2)[C@H](C(=O)N(CC=C)c2ccccc2Cl)N([C@@H](CO)CC(C)C)C(=O)[C@@H]13)c1ccccc1. The lowest BCUT2D eigenvalue weighted by molar-refractivity contribution is -0.161. The first-order valence-electron chi connectivity index (χ1n) is 17.0. The normalized spacial score (nSPS) is 25.1. The third kappa shape index (κ3) is 7.18. The van der Waals surface area contributed by atoms with Crippen LogP contribution >= 0.6 is 11.6 Å². The van der Waals surface area contributed by atoms with Crippen molar-refractivity contribution in [3.63, 3.8) is 0 Å². The summed E-state index contributed by atoms with van der Waals surface area (Å²) in [4.78, 5) is 59.2. The quantitative estimate of drug-likeness (QED) is 0.187. The predicted octanol–water partition coefficient (Wildman–Crippen LogP) is 5.01. The highest BCUT2D eigenvalue weighted by Crippen LogP contribution is 2.59. The van der Waals surface area contributed by atoms with E-state index in [0.717, 1.165) is 0 Å². The molecule has 1 spiro atoms. The molecule has 49 heavy (non-hydrogen) atoms. The predicted molar refractivity (Wildman–Crippen MR) is 186 cm³/mol. The fourth-order valence-corrected chi connectivity index (χ4v) is 7.99. The van der Waals surface area contributed by atoms with Crippen LogP contribution in [0.4, 0.5) is 5.69 Å². The van der Waals surface area contributed by atoms with Crippen molar-refractivity contribution in [2.75, 3.05) is 24.6 Å². The van der Waals surface area contributed by atoms with E-state index >= 15 is 0 Å². The molecule has 0 unspecified atom stereocenters. The number of ether oxygens (including phenoxy) is 2. The zero-order valence-electron chi connectivity index (χ0n) is 28.1. The maximum atomic E-state index is 14.8. The number of allylic oxidation sites excluding steroid dienone is 1. The van der Waals surface area contributed by atoms with E-state index in [-0.39, 0.29) is 37.9 Å². The number of para-hydroxylation sites is 1. The van der Waals surface area contributed by atoms with Gasteiger partial charge in [-0.15, -0.1) is 13.2 Å². The number of rotatable bonds is 16. The van der Waals surface area contributed by atoms with Gasteiger partial charge in [-0.2, -0.15) is 0 Å². The average molecular weight is 692 g/mol. The summed E-state index contributed by atoms with van der Waals surface area (Å²) in [6.45, 7) is 11.3. The minimum Gasteiger partial charge on any atom is -0.455 e. The Kier molecular flexibility index (Phi) is 11.6. The van der Waals surface area contributed by atoms with Gasteiger partial charge in [0.05, 0.1) is 47.8 Å². The summed E-state index contributed by atoms with van der Waals surface area (Å²) >= 11 is 6.58. The first kappa shape index (κ1) is 36.3. The number of nitrogens with zero attached hydrogens (tertiary/aromatic N) is 2. The Bertz CT molecular complexity index is 1550. The summed E-state index contributed by atoms with van der Waals surface area (Å²) < 4.78 is 12.8. The Morgan fingerprint density at radius 2 is 1.86 bits per heavy atom. The maximum Gasteiger partial charge on any atom is 0.313 e. The van der Waals surface area contributed by atoms with Crippen molar-refractivity contribution in [1.82, 2.24) is 10.2 Å². The number of fused-ring (bicyclic) bond motifs is 1. The fourth-order valence-electron chi connectivity index (χ4n) is 7.75. The zero-order valence-corrected chi connectivity index (χ0v) is 28.9. The molecular formula is C38H46ClN3O7. The molecule has 0 radical (unpaired) electrons. The fraction of sp³-hybridized carbons (Fsp3) is 0.474. The van der Waals surface area contributed by atoms with Gasteiger partial charge in [-0.25, -0.2) is 0 Å². The molecule has 3 amide bonds. The van der Waals surface area contributed by atoms with E-state index in [1.54, 1.807) is 36.4 Å². The van der Waals surface area contributed by atoms with E-state index in [2.05, 4.69) is 18.5 Å². The van der Waals surface area contributed by atoms with Gasteiger partial charge in [0.15, 0.2) is 0 Å². The van der Waals surface area contributed by atoms with Crippen LogP contribution in [0.25, 0.3) is 0 Å². The van der Waals surface area contributed by atoms with Crippen LogP contribution in [0.5, 0.6) is 0 Å². The number of esters is 1. The molecule has 11 heteroatoms. The molecule has 2 aromatic carbocycles. The number of anilines is 1.